The largest absolute Gasteiger partial charge is 0.0828 e. The van der Waals surface area contributed by atoms with Gasteiger partial charge in [-0.1, -0.05) is 78.0 Å². The summed E-state index contributed by atoms with van der Waals surface area (Å²) < 4.78 is 0. The van der Waals surface area contributed by atoms with Crippen LogP contribution >= 0.6 is 0 Å². The first-order valence-electron chi connectivity index (χ1n) is 8.59. The minimum atomic E-state index is -0.260. The molecule has 1 aliphatic rings. The smallest absolute Gasteiger partial charge is 0.0783 e. The number of aryl methyl sites for hydroxylation is 2. The second-order valence-electron chi connectivity index (χ2n) is 6.59. The SMILES string of the molecule is CCCCCC1=C(CC)C=C([SiH2]c2cc(C)cc(C)c2)C1. The van der Waals surface area contributed by atoms with Crippen LogP contribution in [0.4, 0.5) is 0 Å². The van der Waals surface area contributed by atoms with E-state index in [9.17, 15) is 0 Å². The number of benzene rings is 1. The summed E-state index contributed by atoms with van der Waals surface area (Å²) in [4.78, 5) is 0. The lowest BCUT2D eigenvalue weighted by Gasteiger charge is -2.08. The summed E-state index contributed by atoms with van der Waals surface area (Å²) in [7, 11) is -0.260. The van der Waals surface area contributed by atoms with Crippen molar-refractivity contribution in [3.63, 3.8) is 0 Å². The number of hydrogen-bond donors (Lipinski definition) is 0. The summed E-state index contributed by atoms with van der Waals surface area (Å²) in [6.45, 7) is 9.05. The molecule has 0 aliphatic heterocycles. The van der Waals surface area contributed by atoms with Crippen LogP contribution in [0.25, 0.3) is 0 Å². The van der Waals surface area contributed by atoms with E-state index in [4.69, 9.17) is 0 Å². The number of unbranched alkanes of at least 4 members (excludes halogenated alkanes) is 2. The average Bonchev–Trinajstić information content (AvgIpc) is 2.80. The fourth-order valence-electron chi connectivity index (χ4n) is 3.52. The lowest BCUT2D eigenvalue weighted by molar-refractivity contribution is 0.704. The summed E-state index contributed by atoms with van der Waals surface area (Å²) in [5, 5.41) is 3.37. The topological polar surface area (TPSA) is 0 Å². The van der Waals surface area contributed by atoms with Gasteiger partial charge in [0.2, 0.25) is 0 Å². The zero-order valence-corrected chi connectivity index (χ0v) is 15.7. The molecule has 0 atom stereocenters. The van der Waals surface area contributed by atoms with Gasteiger partial charge in [-0.25, -0.2) is 0 Å². The molecule has 1 aliphatic carbocycles. The van der Waals surface area contributed by atoms with Crippen molar-refractivity contribution >= 4 is 14.7 Å². The molecule has 0 saturated carbocycles. The van der Waals surface area contributed by atoms with Gasteiger partial charge >= 0.3 is 0 Å². The molecule has 0 nitrogen and oxygen atoms in total. The van der Waals surface area contributed by atoms with Gasteiger partial charge in [-0.15, -0.1) is 0 Å². The summed E-state index contributed by atoms with van der Waals surface area (Å²) in [5.41, 5.74) is 6.24. The number of allylic oxidation sites excluding steroid dienone is 4. The predicted octanol–water partition coefficient (Wildman–Crippen LogP) is 4.67. The first-order valence-corrected chi connectivity index (χ1v) is 10.0. The van der Waals surface area contributed by atoms with Crippen molar-refractivity contribution in [3.8, 4) is 0 Å². The van der Waals surface area contributed by atoms with Crippen LogP contribution in [0.2, 0.25) is 0 Å². The maximum Gasteiger partial charge on any atom is 0.0828 e. The van der Waals surface area contributed by atoms with E-state index in [0.717, 1.165) is 0 Å². The first kappa shape index (κ1) is 16.3. The number of hydrogen-bond acceptors (Lipinski definition) is 0. The molecule has 1 aromatic rings. The van der Waals surface area contributed by atoms with Crippen LogP contribution in [0.3, 0.4) is 0 Å². The maximum atomic E-state index is 2.55. The zero-order valence-electron chi connectivity index (χ0n) is 14.3. The molecule has 0 heterocycles. The lowest BCUT2D eigenvalue weighted by Crippen LogP contribution is -2.17. The van der Waals surface area contributed by atoms with E-state index < -0.39 is 0 Å². The van der Waals surface area contributed by atoms with Gasteiger partial charge < -0.3 is 0 Å². The Bertz CT molecular complexity index is 529. The van der Waals surface area contributed by atoms with Crippen LogP contribution in [0, 0.1) is 13.8 Å². The normalized spacial score (nSPS) is 15.3. The Balaban J connectivity index is 2.00. The van der Waals surface area contributed by atoms with Gasteiger partial charge in [0.25, 0.3) is 0 Å². The van der Waals surface area contributed by atoms with Crippen molar-refractivity contribution in [2.24, 2.45) is 0 Å². The summed E-state index contributed by atoms with van der Waals surface area (Å²) in [5.74, 6) is 0. The van der Waals surface area contributed by atoms with Crippen LogP contribution in [-0.2, 0) is 0 Å². The van der Waals surface area contributed by atoms with Gasteiger partial charge in [0.1, 0.15) is 0 Å². The Kier molecular flexibility index (Phi) is 6.04. The van der Waals surface area contributed by atoms with Crippen molar-refractivity contribution < 1.29 is 0 Å². The second-order valence-corrected chi connectivity index (χ2v) is 8.67. The molecule has 0 unspecified atom stereocenters. The molecule has 1 aromatic carbocycles. The fraction of sp³-hybridized carbons (Fsp3) is 0.500. The van der Waals surface area contributed by atoms with E-state index in [1.54, 1.807) is 21.5 Å². The molecule has 0 aromatic heterocycles. The molecular weight excluding hydrogens is 268 g/mol. The first-order chi connectivity index (χ1) is 10.1. The zero-order chi connectivity index (χ0) is 15.2. The molecule has 114 valence electrons. The highest BCUT2D eigenvalue weighted by atomic mass is 28.2. The van der Waals surface area contributed by atoms with E-state index in [0.29, 0.717) is 0 Å². The highest BCUT2D eigenvalue weighted by Gasteiger charge is 2.15. The molecule has 1 heteroatoms. The van der Waals surface area contributed by atoms with Gasteiger partial charge in [0.05, 0.1) is 9.52 Å². The molecule has 21 heavy (non-hydrogen) atoms. The molecule has 0 N–H and O–H groups in total. The van der Waals surface area contributed by atoms with Crippen molar-refractivity contribution in [1.29, 1.82) is 0 Å². The van der Waals surface area contributed by atoms with E-state index in [-0.39, 0.29) is 9.52 Å². The summed E-state index contributed by atoms with van der Waals surface area (Å²) >= 11 is 0. The van der Waals surface area contributed by atoms with Gasteiger partial charge in [-0.3, -0.25) is 0 Å². The van der Waals surface area contributed by atoms with Crippen LogP contribution in [0.5, 0.6) is 0 Å². The van der Waals surface area contributed by atoms with E-state index >= 15 is 0 Å². The van der Waals surface area contributed by atoms with Crippen molar-refractivity contribution in [2.45, 2.75) is 66.2 Å². The van der Waals surface area contributed by atoms with Crippen molar-refractivity contribution in [2.75, 3.05) is 0 Å². The van der Waals surface area contributed by atoms with E-state index in [1.165, 1.54) is 49.7 Å². The molecule has 0 spiro atoms. The molecule has 0 radical (unpaired) electrons. The molecular formula is C20H30Si. The standard InChI is InChI=1S/C20H30Si/c1-5-7-8-9-18-14-20(13-17(18)6-2)21-19-11-15(3)10-16(4)12-19/h10-13H,5-9,14,21H2,1-4H3. The minimum Gasteiger partial charge on any atom is -0.0783 e. The van der Waals surface area contributed by atoms with Crippen LogP contribution in [0.15, 0.2) is 40.6 Å². The Hall–Kier alpha value is -1.08. The van der Waals surface area contributed by atoms with Gasteiger partial charge in [-0.05, 0) is 45.1 Å². The average molecular weight is 299 g/mol. The van der Waals surface area contributed by atoms with E-state index in [1.807, 2.05) is 0 Å². The highest BCUT2D eigenvalue weighted by Crippen LogP contribution is 2.30. The number of rotatable bonds is 7. The molecule has 0 amide bonds. The lowest BCUT2D eigenvalue weighted by atomic mass is 10.0. The Morgan fingerprint density at radius 1 is 1.00 bits per heavy atom. The third kappa shape index (κ3) is 4.71. The van der Waals surface area contributed by atoms with Gasteiger partial charge in [0, 0.05) is 0 Å². The Morgan fingerprint density at radius 2 is 1.71 bits per heavy atom. The quantitative estimate of drug-likeness (QED) is 0.507. The molecule has 0 saturated heterocycles. The van der Waals surface area contributed by atoms with Gasteiger partial charge in [-0.2, -0.15) is 0 Å². The molecule has 2 rings (SSSR count). The monoisotopic (exact) mass is 298 g/mol. The third-order valence-corrected chi connectivity index (χ3v) is 6.17. The van der Waals surface area contributed by atoms with Crippen molar-refractivity contribution in [1.82, 2.24) is 0 Å². The van der Waals surface area contributed by atoms with Crippen LogP contribution < -0.4 is 5.19 Å². The maximum absolute atomic E-state index is 2.55. The third-order valence-electron chi connectivity index (χ3n) is 4.45. The Labute approximate surface area is 133 Å². The molecule has 0 bridgehead atoms. The minimum absolute atomic E-state index is 0.260. The highest BCUT2D eigenvalue weighted by molar-refractivity contribution is 6.61. The van der Waals surface area contributed by atoms with Crippen LogP contribution in [0.1, 0.15) is 63.5 Å². The van der Waals surface area contributed by atoms with Gasteiger partial charge in [0.15, 0.2) is 0 Å². The summed E-state index contributed by atoms with van der Waals surface area (Å²) in [6.07, 6.45) is 10.5. The van der Waals surface area contributed by atoms with Crippen LogP contribution in [-0.4, -0.2) is 9.52 Å². The van der Waals surface area contributed by atoms with E-state index in [2.05, 4.69) is 52.0 Å². The second kappa shape index (κ2) is 7.79. The Morgan fingerprint density at radius 3 is 2.33 bits per heavy atom. The summed E-state index contributed by atoms with van der Waals surface area (Å²) in [6, 6.07) is 7.09. The fourth-order valence-corrected chi connectivity index (χ4v) is 5.67. The molecule has 0 fully saturated rings. The van der Waals surface area contributed by atoms with Crippen molar-refractivity contribution in [3.05, 3.63) is 51.7 Å². The predicted molar refractivity (Wildman–Crippen MR) is 98.3 cm³/mol.